The lowest BCUT2D eigenvalue weighted by molar-refractivity contribution is 0.0845. The number of nitrogens with one attached hydrogen (secondary N) is 3. The molecule has 11 nitrogen and oxygen atoms in total. The Morgan fingerprint density at radius 2 is 1.90 bits per heavy atom. The van der Waals surface area contributed by atoms with Crippen LogP contribution in [0.1, 0.15) is 52.3 Å². The Kier molecular flexibility index (Phi) is 4.78. The molecule has 0 atom stereocenters. The Hall–Kier alpha value is -4.02. The fourth-order valence-corrected chi connectivity index (χ4v) is 3.16. The van der Waals surface area contributed by atoms with Crippen molar-refractivity contribution in [1.82, 2.24) is 41.0 Å². The summed E-state index contributed by atoms with van der Waals surface area (Å²) in [6.07, 6.45) is 2.84. The molecule has 4 aromatic heterocycles. The summed E-state index contributed by atoms with van der Waals surface area (Å²) in [7, 11) is 0. The number of nitrogens with zero attached hydrogens (tertiary/aromatic N) is 5. The zero-order valence-electron chi connectivity index (χ0n) is 16.8. The first-order valence-corrected chi connectivity index (χ1v) is 9.27. The molecule has 4 heterocycles. The van der Waals surface area contributed by atoms with Crippen molar-refractivity contribution in [2.24, 2.45) is 0 Å². The number of fused-ring (bicyclic) bond motifs is 1. The maximum absolute atomic E-state index is 12.9. The Bertz CT molecular complexity index is 1240. The lowest BCUT2D eigenvalue weighted by Gasteiger charge is -2.11. The third kappa shape index (κ3) is 3.41. The smallest absolute Gasteiger partial charge is 0.291 e. The van der Waals surface area contributed by atoms with Crippen molar-refractivity contribution in [3.63, 3.8) is 0 Å². The highest BCUT2D eigenvalue weighted by atomic mass is 16.3. The molecule has 11 heteroatoms. The molecule has 30 heavy (non-hydrogen) atoms. The van der Waals surface area contributed by atoms with Gasteiger partial charge in [-0.15, -0.1) is 0 Å². The van der Waals surface area contributed by atoms with E-state index in [1.165, 1.54) is 6.20 Å². The summed E-state index contributed by atoms with van der Waals surface area (Å²) in [4.78, 5) is 29.7. The summed E-state index contributed by atoms with van der Waals surface area (Å²) in [5, 5.41) is 14.5. The molecule has 3 N–H and O–H groups in total. The van der Waals surface area contributed by atoms with Crippen LogP contribution < -0.4 is 10.9 Å². The fourth-order valence-electron chi connectivity index (χ4n) is 3.16. The van der Waals surface area contributed by atoms with E-state index < -0.39 is 11.8 Å². The van der Waals surface area contributed by atoms with Gasteiger partial charge in [0, 0.05) is 11.6 Å². The number of pyridine rings is 1. The van der Waals surface area contributed by atoms with E-state index in [0.717, 1.165) is 11.3 Å². The summed E-state index contributed by atoms with van der Waals surface area (Å²) in [5.74, 6) is 0.330. The van der Waals surface area contributed by atoms with E-state index in [-0.39, 0.29) is 11.7 Å². The fraction of sp³-hybridized carbons (Fsp3) is 0.263. The summed E-state index contributed by atoms with van der Waals surface area (Å²) in [6, 6.07) is 3.57. The van der Waals surface area contributed by atoms with Crippen molar-refractivity contribution >= 4 is 22.8 Å². The van der Waals surface area contributed by atoms with Gasteiger partial charge in [0.25, 0.3) is 11.8 Å². The van der Waals surface area contributed by atoms with Crippen LogP contribution >= 0.6 is 0 Å². The van der Waals surface area contributed by atoms with Crippen LogP contribution in [-0.4, -0.2) is 42.0 Å². The molecule has 4 rings (SSSR count). The van der Waals surface area contributed by atoms with Gasteiger partial charge in [0.1, 0.15) is 11.5 Å². The van der Waals surface area contributed by atoms with Gasteiger partial charge in [-0.1, -0.05) is 0 Å². The molecule has 0 aliphatic carbocycles. The highest BCUT2D eigenvalue weighted by Gasteiger charge is 2.21. The van der Waals surface area contributed by atoms with Gasteiger partial charge in [0.05, 0.1) is 29.0 Å². The third-order valence-corrected chi connectivity index (χ3v) is 4.55. The maximum Gasteiger partial charge on any atom is 0.291 e. The number of rotatable bonds is 4. The molecular formula is C19H20N8O3. The summed E-state index contributed by atoms with van der Waals surface area (Å²) < 4.78 is 7.37. The van der Waals surface area contributed by atoms with Crippen LogP contribution in [-0.2, 0) is 0 Å². The van der Waals surface area contributed by atoms with E-state index in [1.807, 2.05) is 33.8 Å². The van der Waals surface area contributed by atoms with Crippen LogP contribution in [0.4, 0.5) is 0 Å². The van der Waals surface area contributed by atoms with Crippen LogP contribution in [0.5, 0.6) is 0 Å². The van der Waals surface area contributed by atoms with E-state index in [1.54, 1.807) is 16.9 Å². The van der Waals surface area contributed by atoms with Crippen LogP contribution in [0.15, 0.2) is 28.9 Å². The Labute approximate surface area is 170 Å². The molecule has 2 amide bonds. The third-order valence-electron chi connectivity index (χ3n) is 4.55. The van der Waals surface area contributed by atoms with Crippen molar-refractivity contribution in [2.45, 2.75) is 33.7 Å². The highest BCUT2D eigenvalue weighted by Crippen LogP contribution is 2.29. The number of aromatic nitrogens is 6. The lowest BCUT2D eigenvalue weighted by atomic mass is 10.1. The molecule has 0 saturated carbocycles. The number of aromatic amines is 1. The summed E-state index contributed by atoms with van der Waals surface area (Å²) in [5.41, 5.74) is 7.03. The van der Waals surface area contributed by atoms with Gasteiger partial charge >= 0.3 is 0 Å². The second kappa shape index (κ2) is 7.43. The predicted molar refractivity (Wildman–Crippen MR) is 106 cm³/mol. The van der Waals surface area contributed by atoms with E-state index in [0.29, 0.717) is 28.1 Å². The predicted octanol–water partition coefficient (Wildman–Crippen LogP) is 2.08. The number of furan rings is 1. The van der Waals surface area contributed by atoms with Crippen molar-refractivity contribution < 1.29 is 14.0 Å². The Balaban J connectivity index is 1.75. The van der Waals surface area contributed by atoms with E-state index in [2.05, 4.69) is 31.4 Å². The van der Waals surface area contributed by atoms with Gasteiger partial charge in [-0.2, -0.15) is 20.5 Å². The number of hydrazine groups is 1. The summed E-state index contributed by atoms with van der Waals surface area (Å²) >= 11 is 0. The number of carbonyl (C=O) groups is 2. The average Bonchev–Trinajstić information content (AvgIpc) is 3.44. The molecule has 0 aliphatic rings. The van der Waals surface area contributed by atoms with E-state index >= 15 is 0 Å². The molecule has 0 unspecified atom stereocenters. The standard InChI is InChI=1S/C19H20N8O3/c1-9(2)27-17-14(7-21-27)13(6-15(22-17)12-5-10(3)30-11(12)4)18(28)24-25-19(29)16-8-20-26-23-16/h5-9H,1-4H3,(H,24,28)(H,25,29)(H,20,23,26). The van der Waals surface area contributed by atoms with Crippen LogP contribution in [0, 0.1) is 13.8 Å². The van der Waals surface area contributed by atoms with Crippen molar-refractivity contribution in [2.75, 3.05) is 0 Å². The molecule has 154 valence electrons. The Morgan fingerprint density at radius 1 is 1.13 bits per heavy atom. The van der Waals surface area contributed by atoms with Crippen LogP contribution in [0.3, 0.4) is 0 Å². The normalized spacial score (nSPS) is 11.2. The number of hydrogen-bond acceptors (Lipinski definition) is 7. The summed E-state index contributed by atoms with van der Waals surface area (Å²) in [6.45, 7) is 7.64. The van der Waals surface area contributed by atoms with Crippen molar-refractivity contribution in [1.29, 1.82) is 0 Å². The number of amides is 2. The molecule has 0 bridgehead atoms. The van der Waals surface area contributed by atoms with Gasteiger partial charge in [0.2, 0.25) is 0 Å². The average molecular weight is 408 g/mol. The van der Waals surface area contributed by atoms with Gasteiger partial charge in [-0.25, -0.2) is 9.67 Å². The lowest BCUT2D eigenvalue weighted by Crippen LogP contribution is -2.41. The van der Waals surface area contributed by atoms with Crippen LogP contribution in [0.25, 0.3) is 22.3 Å². The zero-order valence-corrected chi connectivity index (χ0v) is 16.8. The Morgan fingerprint density at radius 3 is 2.53 bits per heavy atom. The number of hydrogen-bond donors (Lipinski definition) is 3. The molecule has 0 saturated heterocycles. The van der Waals surface area contributed by atoms with Gasteiger partial charge < -0.3 is 4.42 Å². The first-order chi connectivity index (χ1) is 14.3. The molecule has 0 fully saturated rings. The second-order valence-electron chi connectivity index (χ2n) is 7.07. The number of carbonyl (C=O) groups excluding carboxylic acids is 2. The minimum atomic E-state index is -0.596. The molecule has 0 aliphatic heterocycles. The largest absolute Gasteiger partial charge is 0.466 e. The molecule has 4 aromatic rings. The first kappa shape index (κ1) is 19.3. The van der Waals surface area contributed by atoms with Crippen LogP contribution in [0.2, 0.25) is 0 Å². The zero-order chi connectivity index (χ0) is 21.4. The molecule has 0 aromatic carbocycles. The quantitative estimate of drug-likeness (QED) is 0.439. The molecule has 0 spiro atoms. The van der Waals surface area contributed by atoms with E-state index in [9.17, 15) is 9.59 Å². The molecule has 0 radical (unpaired) electrons. The monoisotopic (exact) mass is 408 g/mol. The highest BCUT2D eigenvalue weighted by molar-refractivity contribution is 6.07. The maximum atomic E-state index is 12.9. The number of H-pyrrole nitrogens is 1. The molecular weight excluding hydrogens is 388 g/mol. The minimum Gasteiger partial charge on any atom is -0.466 e. The second-order valence-corrected chi connectivity index (χ2v) is 7.07. The number of aryl methyl sites for hydroxylation is 2. The first-order valence-electron chi connectivity index (χ1n) is 9.27. The van der Waals surface area contributed by atoms with E-state index in [4.69, 9.17) is 9.40 Å². The minimum absolute atomic E-state index is 0.0419. The van der Waals surface area contributed by atoms with Gasteiger partial charge in [-0.05, 0) is 39.8 Å². The van der Waals surface area contributed by atoms with Crippen molar-refractivity contribution in [3.8, 4) is 11.3 Å². The SMILES string of the molecule is Cc1cc(-c2cc(C(=O)NNC(=O)c3cn[nH]n3)c3cnn(C(C)C)c3n2)c(C)o1. The topological polar surface area (TPSA) is 144 Å². The van der Waals surface area contributed by atoms with Gasteiger partial charge in [0.15, 0.2) is 11.3 Å². The van der Waals surface area contributed by atoms with Gasteiger partial charge in [-0.3, -0.25) is 20.4 Å². The van der Waals surface area contributed by atoms with Crippen molar-refractivity contribution in [3.05, 3.63) is 47.3 Å².